The normalized spacial score (nSPS) is 14.3. The van der Waals surface area contributed by atoms with Crippen LogP contribution >= 0.6 is 0 Å². The maximum atomic E-state index is 10.2. The smallest absolute Gasteiger partial charge is 0.214 e. The summed E-state index contributed by atoms with van der Waals surface area (Å²) >= 11 is 0. The van der Waals surface area contributed by atoms with Gasteiger partial charge in [0.2, 0.25) is 5.88 Å². The van der Waals surface area contributed by atoms with Gasteiger partial charge in [-0.05, 0) is 45.1 Å². The molecule has 19 heavy (non-hydrogen) atoms. The second-order valence-corrected chi connectivity index (χ2v) is 7.23. The van der Waals surface area contributed by atoms with E-state index in [1.54, 1.807) is 0 Å². The average molecular weight is 265 g/mol. The van der Waals surface area contributed by atoms with Crippen LogP contribution in [0.25, 0.3) is 0 Å². The van der Waals surface area contributed by atoms with E-state index in [0.717, 1.165) is 12.8 Å². The van der Waals surface area contributed by atoms with E-state index in [1.165, 1.54) is 0 Å². The Morgan fingerprint density at radius 2 is 1.79 bits per heavy atom. The lowest BCUT2D eigenvalue weighted by Gasteiger charge is -2.22. The van der Waals surface area contributed by atoms with Gasteiger partial charge in [0.1, 0.15) is 5.60 Å². The standard InChI is InChI=1S/C16H27NO2/c1-15(2,3)11-10-13(18)12-8-7-9-14(17-12)19-16(4,5)6/h7-9,13,18H,10-11H2,1-6H3/t13-/m0/s1. The van der Waals surface area contributed by atoms with Gasteiger partial charge < -0.3 is 9.84 Å². The molecule has 1 aromatic heterocycles. The quantitative estimate of drug-likeness (QED) is 0.890. The molecule has 0 aliphatic heterocycles. The third kappa shape index (κ3) is 6.58. The van der Waals surface area contributed by atoms with E-state index in [2.05, 4.69) is 25.8 Å². The first-order valence-electron chi connectivity index (χ1n) is 6.91. The van der Waals surface area contributed by atoms with Crippen molar-refractivity contribution in [2.24, 2.45) is 5.41 Å². The third-order valence-electron chi connectivity index (χ3n) is 2.67. The lowest BCUT2D eigenvalue weighted by Crippen LogP contribution is -2.23. The molecule has 1 aromatic rings. The molecule has 0 saturated heterocycles. The van der Waals surface area contributed by atoms with Crippen LogP contribution in [0.5, 0.6) is 5.88 Å². The number of hydrogen-bond donors (Lipinski definition) is 1. The summed E-state index contributed by atoms with van der Waals surface area (Å²) in [4.78, 5) is 4.39. The molecule has 0 aromatic carbocycles. The second-order valence-electron chi connectivity index (χ2n) is 7.23. The van der Waals surface area contributed by atoms with Gasteiger partial charge in [-0.25, -0.2) is 4.98 Å². The monoisotopic (exact) mass is 265 g/mol. The molecule has 0 bridgehead atoms. The number of hydrogen-bond acceptors (Lipinski definition) is 3. The summed E-state index contributed by atoms with van der Waals surface area (Å²) in [6, 6.07) is 5.55. The lowest BCUT2D eigenvalue weighted by molar-refractivity contribution is 0.117. The zero-order chi connectivity index (χ0) is 14.7. The summed E-state index contributed by atoms with van der Waals surface area (Å²) in [7, 11) is 0. The molecule has 1 N–H and O–H groups in total. The Bertz CT molecular complexity index is 402. The molecule has 0 spiro atoms. The van der Waals surface area contributed by atoms with Crippen LogP contribution in [-0.2, 0) is 0 Å². The number of pyridine rings is 1. The Morgan fingerprint density at radius 1 is 1.16 bits per heavy atom. The van der Waals surface area contributed by atoms with Gasteiger partial charge in [-0.15, -0.1) is 0 Å². The Morgan fingerprint density at radius 3 is 2.32 bits per heavy atom. The maximum Gasteiger partial charge on any atom is 0.214 e. The molecule has 0 fully saturated rings. The summed E-state index contributed by atoms with van der Waals surface area (Å²) in [5.74, 6) is 0.569. The number of aliphatic hydroxyl groups excluding tert-OH is 1. The third-order valence-corrected chi connectivity index (χ3v) is 2.67. The van der Waals surface area contributed by atoms with Gasteiger partial charge in [0.15, 0.2) is 0 Å². The molecular formula is C16H27NO2. The van der Waals surface area contributed by atoms with Gasteiger partial charge >= 0.3 is 0 Å². The number of aromatic nitrogens is 1. The highest BCUT2D eigenvalue weighted by Crippen LogP contribution is 2.27. The van der Waals surface area contributed by atoms with Crippen LogP contribution in [0.4, 0.5) is 0 Å². The molecule has 0 unspecified atom stereocenters. The fraction of sp³-hybridized carbons (Fsp3) is 0.688. The summed E-state index contributed by atoms with van der Waals surface area (Å²) in [6.45, 7) is 12.5. The minimum absolute atomic E-state index is 0.223. The minimum Gasteiger partial charge on any atom is -0.472 e. The van der Waals surface area contributed by atoms with Crippen molar-refractivity contribution >= 4 is 0 Å². The van der Waals surface area contributed by atoms with Crippen molar-refractivity contribution in [3.8, 4) is 5.88 Å². The van der Waals surface area contributed by atoms with Crippen molar-refractivity contribution in [2.45, 2.75) is 66.1 Å². The van der Waals surface area contributed by atoms with E-state index in [4.69, 9.17) is 4.74 Å². The zero-order valence-corrected chi connectivity index (χ0v) is 13.0. The minimum atomic E-state index is -0.525. The molecule has 108 valence electrons. The first-order chi connectivity index (χ1) is 8.57. The van der Waals surface area contributed by atoms with Crippen LogP contribution in [0.1, 0.15) is 66.2 Å². The van der Waals surface area contributed by atoms with Gasteiger partial charge in [0, 0.05) is 6.07 Å². The van der Waals surface area contributed by atoms with Crippen molar-refractivity contribution in [1.82, 2.24) is 4.98 Å². The molecule has 0 aliphatic rings. The topological polar surface area (TPSA) is 42.4 Å². The predicted octanol–water partition coefficient (Wildman–Crippen LogP) is 4.12. The summed E-state index contributed by atoms with van der Waals surface area (Å²) < 4.78 is 5.72. The first kappa shape index (κ1) is 16.0. The van der Waals surface area contributed by atoms with E-state index < -0.39 is 6.10 Å². The highest BCUT2D eigenvalue weighted by atomic mass is 16.5. The van der Waals surface area contributed by atoms with Crippen molar-refractivity contribution in [2.75, 3.05) is 0 Å². The molecule has 3 heteroatoms. The van der Waals surface area contributed by atoms with Gasteiger partial charge in [0.05, 0.1) is 11.8 Å². The van der Waals surface area contributed by atoms with E-state index in [-0.39, 0.29) is 11.0 Å². The summed E-state index contributed by atoms with van der Waals surface area (Å²) in [5.41, 5.74) is 0.633. The van der Waals surface area contributed by atoms with Gasteiger partial charge in [0.25, 0.3) is 0 Å². The van der Waals surface area contributed by atoms with E-state index >= 15 is 0 Å². The average Bonchev–Trinajstić information content (AvgIpc) is 2.23. The first-order valence-corrected chi connectivity index (χ1v) is 6.91. The number of ether oxygens (including phenoxy) is 1. The van der Waals surface area contributed by atoms with Crippen LogP contribution < -0.4 is 4.74 Å². The van der Waals surface area contributed by atoms with Gasteiger partial charge in [-0.2, -0.15) is 0 Å². The van der Waals surface area contributed by atoms with Crippen molar-refractivity contribution in [1.29, 1.82) is 0 Å². The molecule has 1 atom stereocenters. The van der Waals surface area contributed by atoms with E-state index in [1.807, 2.05) is 39.0 Å². The molecule has 0 radical (unpaired) electrons. The second kappa shape index (κ2) is 5.91. The van der Waals surface area contributed by atoms with Crippen LogP contribution in [0.2, 0.25) is 0 Å². The lowest BCUT2D eigenvalue weighted by atomic mass is 9.89. The Kier molecular flexibility index (Phi) is 4.97. The van der Waals surface area contributed by atoms with Crippen molar-refractivity contribution in [3.05, 3.63) is 23.9 Å². The van der Waals surface area contributed by atoms with Crippen molar-refractivity contribution in [3.63, 3.8) is 0 Å². The van der Waals surface area contributed by atoms with Gasteiger partial charge in [-0.3, -0.25) is 0 Å². The molecule has 1 rings (SSSR count). The molecule has 3 nitrogen and oxygen atoms in total. The van der Waals surface area contributed by atoms with Crippen molar-refractivity contribution < 1.29 is 9.84 Å². The van der Waals surface area contributed by atoms with E-state index in [0.29, 0.717) is 11.6 Å². The molecule has 0 aliphatic carbocycles. The summed E-state index contributed by atoms with van der Waals surface area (Å²) in [6.07, 6.45) is 1.15. The molecular weight excluding hydrogens is 238 g/mol. The van der Waals surface area contributed by atoms with Crippen LogP contribution in [0, 0.1) is 5.41 Å². The fourth-order valence-electron chi connectivity index (χ4n) is 1.70. The predicted molar refractivity (Wildman–Crippen MR) is 78.3 cm³/mol. The molecule has 0 saturated carbocycles. The Balaban J connectivity index is 2.70. The number of aliphatic hydroxyl groups is 1. The number of rotatable bonds is 4. The van der Waals surface area contributed by atoms with Crippen LogP contribution in [-0.4, -0.2) is 15.7 Å². The number of nitrogens with zero attached hydrogens (tertiary/aromatic N) is 1. The fourth-order valence-corrected chi connectivity index (χ4v) is 1.70. The maximum absolute atomic E-state index is 10.2. The molecule has 1 heterocycles. The summed E-state index contributed by atoms with van der Waals surface area (Å²) in [5, 5.41) is 10.2. The van der Waals surface area contributed by atoms with Crippen LogP contribution in [0.3, 0.4) is 0 Å². The molecule has 0 amide bonds. The Labute approximate surface area is 117 Å². The zero-order valence-electron chi connectivity index (χ0n) is 13.0. The Hall–Kier alpha value is -1.09. The van der Waals surface area contributed by atoms with Gasteiger partial charge in [-0.1, -0.05) is 26.8 Å². The highest BCUT2D eigenvalue weighted by molar-refractivity contribution is 5.18. The van der Waals surface area contributed by atoms with Crippen LogP contribution in [0.15, 0.2) is 18.2 Å². The highest BCUT2D eigenvalue weighted by Gasteiger charge is 2.17. The largest absolute Gasteiger partial charge is 0.472 e. The van der Waals surface area contributed by atoms with E-state index in [9.17, 15) is 5.11 Å². The SMILES string of the molecule is CC(C)(C)CC[C@H](O)c1cccc(OC(C)(C)C)n1.